The van der Waals surface area contributed by atoms with E-state index in [4.69, 9.17) is 0 Å². The molecular formula is C5H12N2. The topological polar surface area (TPSA) is 18.5 Å². The molecular weight excluding hydrogens is 88.1 g/mol. The van der Waals surface area contributed by atoms with Crippen molar-refractivity contribution in [3.8, 4) is 0 Å². The molecule has 0 amide bonds. The molecule has 2 unspecified atom stereocenters. The average molecular weight is 100 g/mol. The van der Waals surface area contributed by atoms with Gasteiger partial charge in [0.05, 0.1) is 13.1 Å². The summed E-state index contributed by atoms with van der Waals surface area (Å²) >= 11 is 0. The number of nitrogens with one attached hydrogen (secondary N) is 1. The van der Waals surface area contributed by atoms with E-state index in [0.29, 0.717) is 0 Å². The van der Waals surface area contributed by atoms with Gasteiger partial charge in [-0.15, -0.1) is 6.54 Å². The van der Waals surface area contributed by atoms with Gasteiger partial charge in [0, 0.05) is 0 Å². The Hall–Kier alpha value is -0.0800. The molecule has 0 radical (unpaired) electrons. The number of rotatable bonds is 0. The van der Waals surface area contributed by atoms with Gasteiger partial charge in [-0.1, -0.05) is 0 Å². The average Bonchev–Trinajstić information content (AvgIpc) is 1.91. The first kappa shape index (κ1) is 5.06. The van der Waals surface area contributed by atoms with Gasteiger partial charge in [-0.2, -0.15) is 0 Å². The molecule has 2 nitrogen and oxygen atoms in total. The first-order valence-corrected chi connectivity index (χ1v) is 2.81. The molecule has 1 heterocycles. The third-order valence-corrected chi connectivity index (χ3v) is 1.64. The predicted octanol–water partition coefficient (Wildman–Crippen LogP) is -0.418. The molecule has 0 aromatic heterocycles. The summed E-state index contributed by atoms with van der Waals surface area (Å²) in [7, 11) is 2.11. The molecule has 0 saturated carbocycles. The van der Waals surface area contributed by atoms with Crippen LogP contribution in [0.1, 0.15) is 13.3 Å². The van der Waals surface area contributed by atoms with Gasteiger partial charge < -0.3 is 10.4 Å². The first-order valence-electron chi connectivity index (χ1n) is 2.81. The summed E-state index contributed by atoms with van der Waals surface area (Å²) in [4.78, 5) is 0. The lowest BCUT2D eigenvalue weighted by molar-refractivity contribution is -0.855. The van der Waals surface area contributed by atoms with E-state index in [9.17, 15) is 0 Å². The monoisotopic (exact) mass is 100 g/mol. The fourth-order valence-electron chi connectivity index (χ4n) is 0.799. The number of nitrogens with zero attached hydrogens (tertiary/aromatic N) is 1. The van der Waals surface area contributed by atoms with Crippen molar-refractivity contribution in [2.45, 2.75) is 19.4 Å². The zero-order valence-electron chi connectivity index (χ0n) is 4.94. The Morgan fingerprint density at radius 1 is 1.71 bits per heavy atom. The minimum atomic E-state index is 0.764. The van der Waals surface area contributed by atoms with Crippen LogP contribution >= 0.6 is 0 Å². The smallest absolute Gasteiger partial charge is 0.0741 e. The maximum atomic E-state index is 4.23. The van der Waals surface area contributed by atoms with Crippen molar-refractivity contribution >= 4 is 0 Å². The minimum absolute atomic E-state index is 0.764. The summed E-state index contributed by atoms with van der Waals surface area (Å²) in [5.74, 6) is 0. The number of hydrogen-bond acceptors (Lipinski definition) is 0. The van der Waals surface area contributed by atoms with E-state index in [-0.39, 0.29) is 0 Å². The molecule has 1 rings (SSSR count). The van der Waals surface area contributed by atoms with Gasteiger partial charge >= 0.3 is 0 Å². The summed E-state index contributed by atoms with van der Waals surface area (Å²) in [5.41, 5.74) is 4.23. The zero-order valence-corrected chi connectivity index (χ0v) is 4.94. The van der Waals surface area contributed by atoms with Crippen LogP contribution in [0.5, 0.6) is 0 Å². The van der Waals surface area contributed by atoms with E-state index in [1.807, 2.05) is 0 Å². The van der Waals surface area contributed by atoms with Crippen LogP contribution in [0.4, 0.5) is 0 Å². The van der Waals surface area contributed by atoms with Crippen molar-refractivity contribution in [3.05, 3.63) is 5.43 Å². The van der Waals surface area contributed by atoms with Gasteiger partial charge in [-0.25, -0.2) is 0 Å². The molecule has 0 bridgehead atoms. The highest BCUT2D eigenvalue weighted by molar-refractivity contribution is 4.70. The van der Waals surface area contributed by atoms with Gasteiger partial charge in [0.1, 0.15) is 0 Å². The summed E-state index contributed by atoms with van der Waals surface area (Å²) < 4.78 is 0. The summed E-state index contributed by atoms with van der Waals surface area (Å²) in [5, 5.41) is 1.33. The van der Waals surface area contributed by atoms with Gasteiger partial charge in [0.25, 0.3) is 0 Å². The Bertz CT molecular complexity index is 55.1. The zero-order chi connectivity index (χ0) is 5.28. The highest BCUT2D eigenvalue weighted by atomic mass is 15.5. The highest BCUT2D eigenvalue weighted by Crippen LogP contribution is 1.95. The van der Waals surface area contributed by atoms with Crippen LogP contribution in [0.25, 0.3) is 5.43 Å². The molecule has 1 aliphatic rings. The van der Waals surface area contributed by atoms with Crippen LogP contribution in [0, 0.1) is 0 Å². The molecule has 0 spiro atoms. The largest absolute Gasteiger partial charge is 0.454 e. The summed E-state index contributed by atoms with van der Waals surface area (Å²) in [6.07, 6.45) is 1.27. The number of quaternary nitrogens is 1. The minimum Gasteiger partial charge on any atom is -0.454 e. The van der Waals surface area contributed by atoms with Crippen LogP contribution in [-0.2, 0) is 0 Å². The van der Waals surface area contributed by atoms with Gasteiger partial charge in [0.2, 0.25) is 0 Å². The molecule has 1 aliphatic heterocycles. The molecule has 1 N–H and O–H groups in total. The SMILES string of the molecule is CC1CC[N-][NH+]1C. The molecule has 2 atom stereocenters. The third-order valence-electron chi connectivity index (χ3n) is 1.64. The third kappa shape index (κ3) is 0.924. The van der Waals surface area contributed by atoms with E-state index in [1.54, 1.807) is 0 Å². The van der Waals surface area contributed by atoms with Crippen molar-refractivity contribution in [3.63, 3.8) is 0 Å². The lowest BCUT2D eigenvalue weighted by Gasteiger charge is -2.21. The van der Waals surface area contributed by atoms with E-state index in [2.05, 4.69) is 19.4 Å². The Morgan fingerprint density at radius 3 is 2.57 bits per heavy atom. The second-order valence-electron chi connectivity index (χ2n) is 2.21. The van der Waals surface area contributed by atoms with Gasteiger partial charge in [-0.05, 0) is 13.3 Å². The fourth-order valence-corrected chi connectivity index (χ4v) is 0.799. The summed E-state index contributed by atoms with van der Waals surface area (Å²) in [6.45, 7) is 3.29. The Morgan fingerprint density at radius 2 is 2.43 bits per heavy atom. The Labute approximate surface area is 44.5 Å². The van der Waals surface area contributed by atoms with Crippen molar-refractivity contribution in [2.24, 2.45) is 0 Å². The molecule has 42 valence electrons. The second kappa shape index (κ2) is 1.80. The quantitative estimate of drug-likeness (QED) is 0.426. The first-order chi connectivity index (χ1) is 3.30. The molecule has 7 heavy (non-hydrogen) atoms. The van der Waals surface area contributed by atoms with Crippen molar-refractivity contribution in [1.29, 1.82) is 0 Å². The fraction of sp³-hybridized carbons (Fsp3) is 1.00. The van der Waals surface area contributed by atoms with Gasteiger partial charge in [-0.3, -0.25) is 0 Å². The standard InChI is InChI=1S/C5H12N2/c1-5-3-4-6-7(5)2/h5,7H,3-4H2,1-2H3. The maximum Gasteiger partial charge on any atom is 0.0741 e. The molecule has 0 aliphatic carbocycles. The van der Waals surface area contributed by atoms with Gasteiger partial charge in [0.15, 0.2) is 0 Å². The molecule has 2 heteroatoms. The lowest BCUT2D eigenvalue weighted by Crippen LogP contribution is -3.06. The van der Waals surface area contributed by atoms with Crippen molar-refractivity contribution in [2.75, 3.05) is 13.6 Å². The van der Waals surface area contributed by atoms with Crippen LogP contribution in [-0.4, -0.2) is 19.6 Å². The van der Waals surface area contributed by atoms with E-state index in [0.717, 1.165) is 12.6 Å². The molecule has 0 aromatic carbocycles. The van der Waals surface area contributed by atoms with E-state index >= 15 is 0 Å². The number of hydrogen-bond donors (Lipinski definition) is 1. The normalized spacial score (nSPS) is 42.0. The Kier molecular flexibility index (Phi) is 1.30. The maximum absolute atomic E-state index is 4.23. The van der Waals surface area contributed by atoms with E-state index < -0.39 is 0 Å². The van der Waals surface area contributed by atoms with E-state index in [1.165, 1.54) is 11.4 Å². The van der Waals surface area contributed by atoms with Crippen molar-refractivity contribution in [1.82, 2.24) is 0 Å². The predicted molar refractivity (Wildman–Crippen MR) is 29.2 cm³/mol. The van der Waals surface area contributed by atoms with Crippen LogP contribution < -0.4 is 5.01 Å². The molecule has 1 fully saturated rings. The summed E-state index contributed by atoms with van der Waals surface area (Å²) in [6, 6.07) is 0.764. The van der Waals surface area contributed by atoms with Crippen LogP contribution in [0.15, 0.2) is 0 Å². The molecule has 0 aromatic rings. The van der Waals surface area contributed by atoms with Crippen molar-refractivity contribution < 1.29 is 5.01 Å². The lowest BCUT2D eigenvalue weighted by atomic mass is 10.3. The highest BCUT2D eigenvalue weighted by Gasteiger charge is 2.09. The molecule has 1 saturated heterocycles. The Balaban J connectivity index is 2.33. The second-order valence-corrected chi connectivity index (χ2v) is 2.21. The van der Waals surface area contributed by atoms with Crippen LogP contribution in [0.2, 0.25) is 0 Å². The van der Waals surface area contributed by atoms with Crippen LogP contribution in [0.3, 0.4) is 0 Å².